The van der Waals surface area contributed by atoms with Crippen molar-refractivity contribution in [2.75, 3.05) is 13.1 Å². The van der Waals surface area contributed by atoms with Crippen LogP contribution in [0.5, 0.6) is 0 Å². The summed E-state index contributed by atoms with van der Waals surface area (Å²) in [6, 6.07) is 9.38. The third kappa shape index (κ3) is 3.37. The normalized spacial score (nSPS) is 23.3. The van der Waals surface area contributed by atoms with Crippen LogP contribution in [0.4, 0.5) is 4.79 Å². The van der Waals surface area contributed by atoms with Crippen LogP contribution < -0.4 is 5.32 Å². The average molecular weight is 316 g/mol. The zero-order valence-corrected chi connectivity index (χ0v) is 14.8. The van der Waals surface area contributed by atoms with Gasteiger partial charge < -0.3 is 15.0 Å². The molecule has 1 heterocycles. The predicted octanol–water partition coefficient (Wildman–Crippen LogP) is 3.52. The first-order valence-corrected chi connectivity index (χ1v) is 8.47. The summed E-state index contributed by atoms with van der Waals surface area (Å²) in [4.78, 5) is 13.8. The standard InChI is InChI=1S/C19H28N2O2/c1-18(2,3)23-17(22)21-11-14(12-21)20-16-15-9-7-6-8-13(15)10-19(16,4)5/h6-9,14,16,20H,10-12H2,1-5H3. The van der Waals surface area contributed by atoms with E-state index < -0.39 is 5.60 Å². The fourth-order valence-electron chi connectivity index (χ4n) is 3.60. The van der Waals surface area contributed by atoms with Gasteiger partial charge in [-0.25, -0.2) is 4.79 Å². The highest BCUT2D eigenvalue weighted by Gasteiger charge is 2.42. The van der Waals surface area contributed by atoms with E-state index in [1.165, 1.54) is 11.1 Å². The lowest BCUT2D eigenvalue weighted by molar-refractivity contribution is 0.00250. The third-order valence-corrected chi connectivity index (χ3v) is 4.73. The van der Waals surface area contributed by atoms with Gasteiger partial charge in [-0.15, -0.1) is 0 Å². The van der Waals surface area contributed by atoms with Gasteiger partial charge in [0.15, 0.2) is 0 Å². The smallest absolute Gasteiger partial charge is 0.410 e. The van der Waals surface area contributed by atoms with Crippen LogP contribution in [0.3, 0.4) is 0 Å². The maximum atomic E-state index is 12.0. The van der Waals surface area contributed by atoms with Gasteiger partial charge in [0.2, 0.25) is 0 Å². The summed E-state index contributed by atoms with van der Waals surface area (Å²) in [6.07, 6.45) is 0.894. The van der Waals surface area contributed by atoms with E-state index in [0.717, 1.165) is 19.5 Å². The van der Waals surface area contributed by atoms with E-state index in [4.69, 9.17) is 4.74 Å². The molecule has 1 atom stereocenters. The minimum absolute atomic E-state index is 0.204. The Hall–Kier alpha value is -1.55. The topological polar surface area (TPSA) is 41.6 Å². The molecule has 126 valence electrons. The van der Waals surface area contributed by atoms with Crippen molar-refractivity contribution in [2.24, 2.45) is 5.41 Å². The number of ether oxygens (including phenoxy) is 1. The molecule has 1 fully saturated rings. The number of carbonyl (C=O) groups excluding carboxylic acids is 1. The van der Waals surface area contributed by atoms with Crippen LogP contribution >= 0.6 is 0 Å². The highest BCUT2D eigenvalue weighted by molar-refractivity contribution is 5.69. The van der Waals surface area contributed by atoms with Gasteiger partial charge in [0.05, 0.1) is 0 Å². The summed E-state index contributed by atoms with van der Waals surface area (Å²) < 4.78 is 5.42. The molecule has 1 saturated heterocycles. The molecule has 3 rings (SSSR count). The maximum Gasteiger partial charge on any atom is 0.410 e. The first-order valence-electron chi connectivity index (χ1n) is 8.47. The monoisotopic (exact) mass is 316 g/mol. The second kappa shape index (κ2) is 5.52. The highest BCUT2D eigenvalue weighted by Crippen LogP contribution is 2.45. The van der Waals surface area contributed by atoms with Gasteiger partial charge >= 0.3 is 6.09 Å². The molecule has 1 unspecified atom stereocenters. The number of rotatable bonds is 2. The number of carbonyl (C=O) groups is 1. The van der Waals surface area contributed by atoms with Crippen LogP contribution in [0.15, 0.2) is 24.3 Å². The first-order chi connectivity index (χ1) is 10.7. The Labute approximate surface area is 139 Å². The van der Waals surface area contributed by atoms with E-state index in [-0.39, 0.29) is 11.5 Å². The van der Waals surface area contributed by atoms with Crippen molar-refractivity contribution < 1.29 is 9.53 Å². The van der Waals surface area contributed by atoms with Crippen molar-refractivity contribution in [1.29, 1.82) is 0 Å². The molecule has 4 nitrogen and oxygen atoms in total. The van der Waals surface area contributed by atoms with E-state index in [0.29, 0.717) is 12.1 Å². The second-order valence-electron chi connectivity index (χ2n) is 8.55. The molecule has 0 bridgehead atoms. The highest BCUT2D eigenvalue weighted by atomic mass is 16.6. The Morgan fingerprint density at radius 2 is 1.91 bits per heavy atom. The van der Waals surface area contributed by atoms with Crippen molar-refractivity contribution in [3.05, 3.63) is 35.4 Å². The van der Waals surface area contributed by atoms with E-state index in [9.17, 15) is 4.79 Å². The second-order valence-corrected chi connectivity index (χ2v) is 8.55. The van der Waals surface area contributed by atoms with E-state index in [1.54, 1.807) is 4.90 Å². The molecule has 1 amide bonds. The van der Waals surface area contributed by atoms with Gasteiger partial charge in [-0.05, 0) is 43.7 Å². The number of hydrogen-bond donors (Lipinski definition) is 1. The summed E-state index contributed by atoms with van der Waals surface area (Å²) in [5, 5.41) is 3.76. The third-order valence-electron chi connectivity index (χ3n) is 4.73. The predicted molar refractivity (Wildman–Crippen MR) is 91.4 cm³/mol. The van der Waals surface area contributed by atoms with Gasteiger partial charge in [0.25, 0.3) is 0 Å². The zero-order valence-electron chi connectivity index (χ0n) is 14.8. The molecule has 0 aromatic heterocycles. The van der Waals surface area contributed by atoms with E-state index >= 15 is 0 Å². The summed E-state index contributed by atoms with van der Waals surface area (Å²) >= 11 is 0. The van der Waals surface area contributed by atoms with E-state index in [2.05, 4.69) is 43.4 Å². The van der Waals surface area contributed by atoms with Crippen molar-refractivity contribution >= 4 is 6.09 Å². The fourth-order valence-corrected chi connectivity index (χ4v) is 3.60. The average Bonchev–Trinajstić information content (AvgIpc) is 2.61. The molecule has 1 aliphatic carbocycles. The number of likely N-dealkylation sites (tertiary alicyclic amines) is 1. The molecule has 23 heavy (non-hydrogen) atoms. The lowest BCUT2D eigenvalue weighted by Gasteiger charge is -2.43. The maximum absolute atomic E-state index is 12.0. The van der Waals surface area contributed by atoms with Crippen molar-refractivity contribution in [2.45, 2.75) is 58.7 Å². The Kier molecular flexibility index (Phi) is 3.91. The lowest BCUT2D eigenvalue weighted by atomic mass is 9.84. The van der Waals surface area contributed by atoms with Crippen molar-refractivity contribution in [3.8, 4) is 0 Å². The number of nitrogens with zero attached hydrogens (tertiary/aromatic N) is 1. The van der Waals surface area contributed by atoms with Crippen LogP contribution in [0.25, 0.3) is 0 Å². The molecule has 0 radical (unpaired) electrons. The molecule has 4 heteroatoms. The summed E-state index contributed by atoms with van der Waals surface area (Å²) in [5.74, 6) is 0. The number of benzene rings is 1. The number of nitrogens with one attached hydrogen (secondary N) is 1. The van der Waals surface area contributed by atoms with Gasteiger partial charge in [-0.2, -0.15) is 0 Å². The minimum atomic E-state index is -0.429. The van der Waals surface area contributed by atoms with Crippen molar-refractivity contribution in [3.63, 3.8) is 0 Å². The molecule has 1 N–H and O–H groups in total. The fraction of sp³-hybridized carbons (Fsp3) is 0.632. The minimum Gasteiger partial charge on any atom is -0.444 e. The molecule has 1 aromatic rings. The zero-order chi connectivity index (χ0) is 16.8. The molecule has 1 aliphatic heterocycles. The Morgan fingerprint density at radius 3 is 2.57 bits per heavy atom. The van der Waals surface area contributed by atoms with Crippen LogP contribution in [-0.4, -0.2) is 35.7 Å². The largest absolute Gasteiger partial charge is 0.444 e. The van der Waals surface area contributed by atoms with Crippen LogP contribution in [0.1, 0.15) is 51.8 Å². The Bertz CT molecular complexity index is 598. The molecule has 2 aliphatic rings. The van der Waals surface area contributed by atoms with Crippen LogP contribution in [-0.2, 0) is 11.2 Å². The Balaban J connectivity index is 1.59. The summed E-state index contributed by atoms with van der Waals surface area (Å²) in [6.45, 7) is 11.8. The van der Waals surface area contributed by atoms with Gasteiger partial charge in [-0.1, -0.05) is 38.1 Å². The SMILES string of the molecule is CC(C)(C)OC(=O)N1CC(NC2c3ccccc3CC2(C)C)C1. The molecule has 1 aromatic carbocycles. The van der Waals surface area contributed by atoms with Crippen LogP contribution in [0, 0.1) is 5.41 Å². The molecular formula is C19H28N2O2. The molecule has 0 saturated carbocycles. The number of fused-ring (bicyclic) bond motifs is 1. The Morgan fingerprint density at radius 1 is 1.26 bits per heavy atom. The quantitative estimate of drug-likeness (QED) is 0.907. The van der Waals surface area contributed by atoms with Crippen LogP contribution in [0.2, 0.25) is 0 Å². The number of hydrogen-bond acceptors (Lipinski definition) is 3. The molecule has 0 spiro atoms. The van der Waals surface area contributed by atoms with Gasteiger partial charge in [0, 0.05) is 25.2 Å². The van der Waals surface area contributed by atoms with Gasteiger partial charge in [-0.3, -0.25) is 0 Å². The lowest BCUT2D eigenvalue weighted by Crippen LogP contribution is -2.61. The number of amides is 1. The van der Waals surface area contributed by atoms with E-state index in [1.807, 2.05) is 20.8 Å². The van der Waals surface area contributed by atoms with Crippen molar-refractivity contribution in [1.82, 2.24) is 10.2 Å². The summed E-state index contributed by atoms with van der Waals surface area (Å²) in [5.41, 5.74) is 2.63. The van der Waals surface area contributed by atoms with Gasteiger partial charge in [0.1, 0.15) is 5.60 Å². The summed E-state index contributed by atoms with van der Waals surface area (Å²) in [7, 11) is 0. The first kappa shape index (κ1) is 16.3. The molecular weight excluding hydrogens is 288 g/mol.